The summed E-state index contributed by atoms with van der Waals surface area (Å²) in [5, 5.41) is 0. The van der Waals surface area contributed by atoms with Gasteiger partial charge in [-0.1, -0.05) is 24.6 Å². The summed E-state index contributed by atoms with van der Waals surface area (Å²) in [4.78, 5) is 14.7. The molecule has 1 aliphatic heterocycles. The Bertz CT molecular complexity index is 540. The molecule has 1 aliphatic carbocycles. The van der Waals surface area contributed by atoms with Gasteiger partial charge < -0.3 is 10.6 Å². The van der Waals surface area contributed by atoms with Crippen molar-refractivity contribution in [3.8, 4) is 0 Å². The van der Waals surface area contributed by atoms with E-state index in [1.54, 1.807) is 6.07 Å². The minimum Gasteiger partial charge on any atom is -0.342 e. The first-order valence-electron chi connectivity index (χ1n) is 8.91. The summed E-state index contributed by atoms with van der Waals surface area (Å²) in [6.45, 7) is 2.25. The lowest BCUT2D eigenvalue weighted by Crippen LogP contribution is -2.43. The normalized spacial score (nSPS) is 25.7. The van der Waals surface area contributed by atoms with E-state index < -0.39 is 0 Å². The van der Waals surface area contributed by atoms with E-state index in [0.29, 0.717) is 24.3 Å². The number of likely N-dealkylation sites (tertiary alicyclic amines) is 1. The molecule has 1 aromatic rings. The Kier molecular flexibility index (Phi) is 5.31. The van der Waals surface area contributed by atoms with Gasteiger partial charge in [-0.25, -0.2) is 4.39 Å². The van der Waals surface area contributed by atoms with E-state index in [0.717, 1.165) is 57.2 Å². The number of hydrogen-bond donors (Lipinski definition) is 1. The highest BCUT2D eigenvalue weighted by Crippen LogP contribution is 2.33. The zero-order valence-electron chi connectivity index (χ0n) is 13.7. The molecule has 1 aromatic carbocycles. The highest BCUT2D eigenvalue weighted by atomic mass is 19.1. The van der Waals surface area contributed by atoms with Gasteiger partial charge in [-0.05, 0) is 62.1 Å². The second kappa shape index (κ2) is 7.43. The van der Waals surface area contributed by atoms with Gasteiger partial charge in [0.2, 0.25) is 5.91 Å². The molecular weight excluding hydrogens is 291 g/mol. The summed E-state index contributed by atoms with van der Waals surface area (Å²) in [7, 11) is 0. The number of amides is 1. The van der Waals surface area contributed by atoms with E-state index >= 15 is 0 Å². The molecule has 1 saturated heterocycles. The maximum absolute atomic E-state index is 13.8. The first kappa shape index (κ1) is 16.4. The van der Waals surface area contributed by atoms with Crippen molar-refractivity contribution in [2.75, 3.05) is 19.6 Å². The Hall–Kier alpha value is -1.42. The number of rotatable bonds is 4. The maximum atomic E-state index is 13.8. The first-order valence-corrected chi connectivity index (χ1v) is 8.91. The molecule has 0 spiro atoms. The number of benzene rings is 1. The second-order valence-electron chi connectivity index (χ2n) is 7.10. The fraction of sp³-hybridized carbons (Fsp3) is 0.632. The van der Waals surface area contributed by atoms with Crippen LogP contribution in [0.5, 0.6) is 0 Å². The summed E-state index contributed by atoms with van der Waals surface area (Å²) >= 11 is 0. The molecule has 2 fully saturated rings. The fourth-order valence-corrected chi connectivity index (χ4v) is 4.21. The van der Waals surface area contributed by atoms with Crippen LogP contribution in [0.3, 0.4) is 0 Å². The summed E-state index contributed by atoms with van der Waals surface area (Å²) in [5.41, 5.74) is 6.61. The van der Waals surface area contributed by atoms with Gasteiger partial charge in [0, 0.05) is 19.0 Å². The number of hydrogen-bond acceptors (Lipinski definition) is 2. The van der Waals surface area contributed by atoms with Crippen LogP contribution in [-0.2, 0) is 11.2 Å². The van der Waals surface area contributed by atoms with Crippen molar-refractivity contribution in [1.82, 2.24) is 4.90 Å². The van der Waals surface area contributed by atoms with Gasteiger partial charge in [0.1, 0.15) is 5.82 Å². The van der Waals surface area contributed by atoms with Gasteiger partial charge in [0.05, 0.1) is 0 Å². The van der Waals surface area contributed by atoms with Gasteiger partial charge in [0.25, 0.3) is 0 Å². The van der Waals surface area contributed by atoms with Crippen LogP contribution in [0.1, 0.15) is 37.7 Å². The molecule has 4 heteroatoms. The molecular formula is C19H27FN2O. The standard InChI is InChI=1S/C19H27FN2O/c20-18-7-2-1-4-15(18)12-14-8-10-22(11-9-14)19(23)17-6-3-5-16(17)13-21/h1-2,4,7,14,16-17H,3,5-6,8-13,21H2/t16-,17-/m1/s1. The zero-order valence-corrected chi connectivity index (χ0v) is 13.7. The minimum absolute atomic E-state index is 0.109. The Morgan fingerprint density at radius 2 is 1.91 bits per heavy atom. The molecule has 0 aromatic heterocycles. The molecule has 23 heavy (non-hydrogen) atoms. The largest absolute Gasteiger partial charge is 0.342 e. The molecule has 0 radical (unpaired) electrons. The van der Waals surface area contributed by atoms with E-state index in [1.165, 1.54) is 6.07 Å². The highest BCUT2D eigenvalue weighted by Gasteiger charge is 2.35. The van der Waals surface area contributed by atoms with Crippen molar-refractivity contribution in [3.05, 3.63) is 35.6 Å². The lowest BCUT2D eigenvalue weighted by atomic mass is 9.88. The Morgan fingerprint density at radius 3 is 2.61 bits per heavy atom. The average molecular weight is 318 g/mol. The summed E-state index contributed by atoms with van der Waals surface area (Å²) < 4.78 is 13.8. The molecule has 3 rings (SSSR count). The molecule has 3 nitrogen and oxygen atoms in total. The quantitative estimate of drug-likeness (QED) is 0.927. The van der Waals surface area contributed by atoms with Crippen molar-refractivity contribution in [2.24, 2.45) is 23.5 Å². The van der Waals surface area contributed by atoms with Gasteiger partial charge in [-0.3, -0.25) is 4.79 Å². The molecule has 2 aliphatic rings. The van der Waals surface area contributed by atoms with Crippen LogP contribution in [0.2, 0.25) is 0 Å². The maximum Gasteiger partial charge on any atom is 0.226 e. The number of nitrogens with zero attached hydrogens (tertiary/aromatic N) is 1. The van der Waals surface area contributed by atoms with Crippen molar-refractivity contribution < 1.29 is 9.18 Å². The number of carbonyl (C=O) groups excluding carboxylic acids is 1. The fourth-order valence-electron chi connectivity index (χ4n) is 4.21. The van der Waals surface area contributed by atoms with E-state index in [4.69, 9.17) is 5.73 Å². The van der Waals surface area contributed by atoms with E-state index in [-0.39, 0.29) is 11.7 Å². The summed E-state index contributed by atoms with van der Waals surface area (Å²) in [6, 6.07) is 7.03. The van der Waals surface area contributed by atoms with Crippen LogP contribution < -0.4 is 5.73 Å². The lowest BCUT2D eigenvalue weighted by molar-refractivity contribution is -0.138. The van der Waals surface area contributed by atoms with Gasteiger partial charge in [-0.15, -0.1) is 0 Å². The number of carbonyl (C=O) groups is 1. The van der Waals surface area contributed by atoms with Crippen LogP contribution in [-0.4, -0.2) is 30.4 Å². The summed E-state index contributed by atoms with van der Waals surface area (Å²) in [6.07, 6.45) is 5.94. The molecule has 0 unspecified atom stereocenters. The molecule has 1 saturated carbocycles. The van der Waals surface area contributed by atoms with Crippen LogP contribution in [0.4, 0.5) is 4.39 Å². The Morgan fingerprint density at radius 1 is 1.17 bits per heavy atom. The Balaban J connectivity index is 1.52. The third-order valence-corrected chi connectivity index (χ3v) is 5.67. The number of nitrogens with two attached hydrogens (primary N) is 1. The van der Waals surface area contributed by atoms with E-state index in [1.807, 2.05) is 17.0 Å². The summed E-state index contributed by atoms with van der Waals surface area (Å²) in [5.74, 6) is 1.19. The van der Waals surface area contributed by atoms with Crippen molar-refractivity contribution in [2.45, 2.75) is 38.5 Å². The minimum atomic E-state index is -0.109. The van der Waals surface area contributed by atoms with Gasteiger partial charge in [-0.2, -0.15) is 0 Å². The van der Waals surface area contributed by atoms with Gasteiger partial charge in [0.15, 0.2) is 0 Å². The van der Waals surface area contributed by atoms with Crippen LogP contribution in [0, 0.1) is 23.6 Å². The smallest absolute Gasteiger partial charge is 0.226 e. The van der Waals surface area contributed by atoms with Crippen molar-refractivity contribution in [3.63, 3.8) is 0 Å². The van der Waals surface area contributed by atoms with Crippen molar-refractivity contribution >= 4 is 5.91 Å². The first-order chi connectivity index (χ1) is 11.2. The Labute approximate surface area is 138 Å². The predicted molar refractivity (Wildman–Crippen MR) is 89.3 cm³/mol. The van der Waals surface area contributed by atoms with Crippen LogP contribution in [0.15, 0.2) is 24.3 Å². The molecule has 2 N–H and O–H groups in total. The molecule has 0 bridgehead atoms. The average Bonchev–Trinajstić information content (AvgIpc) is 3.05. The molecule has 1 amide bonds. The molecule has 2 atom stereocenters. The third-order valence-electron chi connectivity index (χ3n) is 5.67. The van der Waals surface area contributed by atoms with Crippen LogP contribution in [0.25, 0.3) is 0 Å². The lowest BCUT2D eigenvalue weighted by Gasteiger charge is -2.34. The molecule has 126 valence electrons. The highest BCUT2D eigenvalue weighted by molar-refractivity contribution is 5.79. The second-order valence-corrected chi connectivity index (χ2v) is 7.10. The third kappa shape index (κ3) is 3.74. The van der Waals surface area contributed by atoms with E-state index in [9.17, 15) is 9.18 Å². The van der Waals surface area contributed by atoms with Crippen molar-refractivity contribution in [1.29, 1.82) is 0 Å². The number of halogens is 1. The van der Waals surface area contributed by atoms with Gasteiger partial charge >= 0.3 is 0 Å². The topological polar surface area (TPSA) is 46.3 Å². The monoisotopic (exact) mass is 318 g/mol. The number of piperidine rings is 1. The van der Waals surface area contributed by atoms with E-state index in [2.05, 4.69) is 0 Å². The van der Waals surface area contributed by atoms with Crippen LogP contribution >= 0.6 is 0 Å². The SMILES string of the molecule is NC[C@H]1CCC[C@H]1C(=O)N1CCC(Cc2ccccc2F)CC1. The predicted octanol–water partition coefficient (Wildman–Crippen LogP) is 2.98. The molecule has 1 heterocycles. The zero-order chi connectivity index (χ0) is 16.2.